The van der Waals surface area contributed by atoms with Crippen LogP contribution in [0.1, 0.15) is 17.0 Å². The Labute approximate surface area is 130 Å². The van der Waals surface area contributed by atoms with E-state index in [1.54, 1.807) is 0 Å². The number of nitrogens with two attached hydrogens (primary N) is 1. The first kappa shape index (κ1) is 14.4. The van der Waals surface area contributed by atoms with Crippen molar-refractivity contribution < 1.29 is 9.90 Å². The molecule has 1 aliphatic heterocycles. The number of fused-ring (bicyclic) bond motifs is 1. The highest BCUT2D eigenvalue weighted by molar-refractivity contribution is 8.68. The summed E-state index contributed by atoms with van der Waals surface area (Å²) in [5, 5.41) is 10.0. The molecule has 2 heterocycles. The molecule has 1 aliphatic rings. The number of rotatable bonds is 3. The zero-order valence-electron chi connectivity index (χ0n) is 11.1. The van der Waals surface area contributed by atoms with E-state index < -0.39 is 5.97 Å². The van der Waals surface area contributed by atoms with E-state index in [1.165, 1.54) is 10.8 Å². The summed E-state index contributed by atoms with van der Waals surface area (Å²) in [5.74, 6) is -0.689. The molecule has 1 saturated heterocycles. The summed E-state index contributed by atoms with van der Waals surface area (Å²) >= 11 is 4.16. The van der Waals surface area contributed by atoms with Gasteiger partial charge in [-0.25, -0.2) is 14.8 Å². The quantitative estimate of drug-likeness (QED) is 0.586. The monoisotopic (exact) mass is 322 g/mol. The first-order valence-corrected chi connectivity index (χ1v) is 8.32. The lowest BCUT2D eigenvalue weighted by molar-refractivity contribution is 0.0684. The van der Waals surface area contributed by atoms with E-state index in [0.717, 1.165) is 23.2 Å². The number of nitrogens with zero attached hydrogens (tertiary/aromatic N) is 3. The van der Waals surface area contributed by atoms with Crippen LogP contribution < -0.4 is 10.6 Å². The van der Waals surface area contributed by atoms with Gasteiger partial charge >= 0.3 is 5.97 Å². The van der Waals surface area contributed by atoms with Crippen LogP contribution >= 0.6 is 22.5 Å². The molecule has 1 aromatic carbocycles. The highest BCUT2D eigenvalue weighted by Crippen LogP contribution is 2.30. The van der Waals surface area contributed by atoms with Crippen LogP contribution in [0, 0.1) is 0 Å². The minimum atomic E-state index is -1.13. The van der Waals surface area contributed by atoms with Crippen LogP contribution in [0.4, 0.5) is 5.82 Å². The maximum atomic E-state index is 11.2. The maximum Gasteiger partial charge on any atom is 0.374 e. The molecule has 0 radical (unpaired) electrons. The second-order valence-electron chi connectivity index (χ2n) is 4.94. The van der Waals surface area contributed by atoms with Gasteiger partial charge in [-0.05, 0) is 24.6 Å². The lowest BCUT2D eigenvalue weighted by Gasteiger charge is -2.19. The van der Waals surface area contributed by atoms with Gasteiger partial charge in [-0.2, -0.15) is 0 Å². The van der Waals surface area contributed by atoms with Crippen LogP contribution in [0.15, 0.2) is 23.1 Å². The van der Waals surface area contributed by atoms with Gasteiger partial charge in [0.2, 0.25) is 5.82 Å². The van der Waals surface area contributed by atoms with Crippen molar-refractivity contribution in [1.82, 2.24) is 9.97 Å². The highest BCUT2D eigenvalue weighted by Gasteiger charge is 2.24. The Balaban J connectivity index is 2.18. The van der Waals surface area contributed by atoms with E-state index in [9.17, 15) is 9.90 Å². The summed E-state index contributed by atoms with van der Waals surface area (Å²) in [6.45, 7) is 1.45. The average Bonchev–Trinajstić information content (AvgIpc) is 2.91. The Morgan fingerprint density at radius 2 is 2.29 bits per heavy atom. The van der Waals surface area contributed by atoms with Gasteiger partial charge in [0.15, 0.2) is 0 Å². The minimum absolute atomic E-state index is 0.0931. The van der Waals surface area contributed by atoms with Gasteiger partial charge in [0.25, 0.3) is 0 Å². The van der Waals surface area contributed by atoms with Gasteiger partial charge in [-0.15, -0.1) is 11.7 Å². The normalized spacial score (nSPS) is 18.4. The van der Waals surface area contributed by atoms with Crippen molar-refractivity contribution in [3.63, 3.8) is 0 Å². The summed E-state index contributed by atoms with van der Waals surface area (Å²) in [6.07, 6.45) is 0.873. The zero-order valence-corrected chi connectivity index (χ0v) is 12.8. The van der Waals surface area contributed by atoms with Crippen LogP contribution in [0.2, 0.25) is 0 Å². The Kier molecular flexibility index (Phi) is 3.92. The molecule has 2 aromatic rings. The number of carboxylic acids is 1. The number of hydrogen-bond acceptors (Lipinski definition) is 7. The van der Waals surface area contributed by atoms with Crippen molar-refractivity contribution in [3.8, 4) is 0 Å². The van der Waals surface area contributed by atoms with Crippen LogP contribution in [-0.4, -0.2) is 40.2 Å². The number of aromatic carboxylic acids is 1. The van der Waals surface area contributed by atoms with Crippen LogP contribution in [0.3, 0.4) is 0 Å². The molecular weight excluding hydrogens is 308 g/mol. The van der Waals surface area contributed by atoms with Gasteiger partial charge < -0.3 is 15.7 Å². The van der Waals surface area contributed by atoms with Crippen LogP contribution in [-0.2, 0) is 0 Å². The summed E-state index contributed by atoms with van der Waals surface area (Å²) in [6, 6.07) is 5.73. The maximum absolute atomic E-state index is 11.2. The zero-order chi connectivity index (χ0) is 15.0. The second kappa shape index (κ2) is 5.70. The lowest BCUT2D eigenvalue weighted by atomic mass is 10.2. The van der Waals surface area contributed by atoms with E-state index in [4.69, 9.17) is 5.73 Å². The Morgan fingerprint density at radius 3 is 2.90 bits per heavy atom. The molecule has 3 rings (SSSR count). The van der Waals surface area contributed by atoms with Crippen molar-refractivity contribution in [2.75, 3.05) is 18.0 Å². The molecule has 6 nitrogen and oxygen atoms in total. The molecule has 0 saturated carbocycles. The summed E-state index contributed by atoms with van der Waals surface area (Å²) in [5.41, 5.74) is 6.54. The molecule has 21 heavy (non-hydrogen) atoms. The molecule has 1 aromatic heterocycles. The molecule has 1 atom stereocenters. The molecule has 0 aliphatic carbocycles. The van der Waals surface area contributed by atoms with E-state index >= 15 is 0 Å². The number of aromatic nitrogens is 2. The van der Waals surface area contributed by atoms with E-state index in [1.807, 2.05) is 23.1 Å². The van der Waals surface area contributed by atoms with Gasteiger partial charge in [0, 0.05) is 29.4 Å². The van der Waals surface area contributed by atoms with Crippen LogP contribution in [0.5, 0.6) is 0 Å². The molecule has 1 fully saturated rings. The Morgan fingerprint density at radius 1 is 1.48 bits per heavy atom. The van der Waals surface area contributed by atoms with Gasteiger partial charge in [-0.3, -0.25) is 0 Å². The lowest BCUT2D eigenvalue weighted by Crippen LogP contribution is -2.27. The third-order valence-electron chi connectivity index (χ3n) is 3.47. The summed E-state index contributed by atoms with van der Waals surface area (Å²) < 4.78 is 0. The molecule has 1 unspecified atom stereocenters. The molecule has 0 amide bonds. The molecule has 3 N–H and O–H groups in total. The number of anilines is 1. The SMILES string of the molecule is NC1CCN(c2nc(C(=O)O)nc3cc(SS)ccc23)C1. The molecule has 0 spiro atoms. The van der Waals surface area contributed by atoms with Crippen molar-refractivity contribution in [2.24, 2.45) is 5.73 Å². The largest absolute Gasteiger partial charge is 0.475 e. The molecule has 0 bridgehead atoms. The molecular formula is C13H14N4O2S2. The van der Waals surface area contributed by atoms with Crippen LogP contribution in [0.25, 0.3) is 10.9 Å². The fourth-order valence-corrected chi connectivity index (χ4v) is 3.10. The van der Waals surface area contributed by atoms with Crippen molar-refractivity contribution in [3.05, 3.63) is 24.0 Å². The number of carbonyl (C=O) groups is 1. The average molecular weight is 322 g/mol. The van der Waals surface area contributed by atoms with Crippen molar-refractivity contribution in [1.29, 1.82) is 0 Å². The predicted octanol–water partition coefficient (Wildman–Crippen LogP) is 1.80. The number of carboxylic acid groups (broad SMARTS) is 1. The topological polar surface area (TPSA) is 92.3 Å². The molecule has 8 heteroatoms. The van der Waals surface area contributed by atoms with Gasteiger partial charge in [0.1, 0.15) is 5.82 Å². The van der Waals surface area contributed by atoms with Gasteiger partial charge in [-0.1, -0.05) is 10.8 Å². The fourth-order valence-electron chi connectivity index (χ4n) is 2.47. The number of hydrogen-bond donors (Lipinski definition) is 3. The third-order valence-corrected chi connectivity index (χ3v) is 4.57. The highest BCUT2D eigenvalue weighted by atomic mass is 33.1. The number of thiol groups is 1. The summed E-state index contributed by atoms with van der Waals surface area (Å²) in [7, 11) is 1.29. The smallest absolute Gasteiger partial charge is 0.374 e. The van der Waals surface area contributed by atoms with E-state index in [-0.39, 0.29) is 11.9 Å². The second-order valence-corrected chi connectivity index (χ2v) is 6.14. The summed E-state index contributed by atoms with van der Waals surface area (Å²) in [4.78, 5) is 22.5. The first-order chi connectivity index (χ1) is 10.1. The standard InChI is InChI=1S/C13H14N4O2S2/c14-7-3-4-17(6-7)12-9-2-1-8(21-20)5-10(9)15-11(16-12)13(18)19/h1-2,5,7,20H,3-4,6,14H2,(H,18,19). The molecule has 110 valence electrons. The van der Waals surface area contributed by atoms with E-state index in [2.05, 4.69) is 21.6 Å². The minimum Gasteiger partial charge on any atom is -0.475 e. The third kappa shape index (κ3) is 2.78. The van der Waals surface area contributed by atoms with Crippen molar-refractivity contribution >= 4 is 45.1 Å². The first-order valence-electron chi connectivity index (χ1n) is 6.45. The van der Waals surface area contributed by atoms with Crippen molar-refractivity contribution in [2.45, 2.75) is 17.4 Å². The number of benzene rings is 1. The predicted molar refractivity (Wildman–Crippen MR) is 86.1 cm³/mol. The van der Waals surface area contributed by atoms with Gasteiger partial charge in [0.05, 0.1) is 5.52 Å². The van der Waals surface area contributed by atoms with E-state index in [0.29, 0.717) is 17.9 Å². The fraction of sp³-hybridized carbons (Fsp3) is 0.308. The Bertz CT molecular complexity index is 710. The Hall–Kier alpha value is -1.51.